The van der Waals surface area contributed by atoms with E-state index >= 15 is 0 Å². The minimum Gasteiger partial charge on any atom is -0.233 e. The maximum atomic E-state index is 7.50. The molecule has 2 rings (SSSR count). The van der Waals surface area contributed by atoms with E-state index in [4.69, 9.17) is 4.11 Å². The van der Waals surface area contributed by atoms with E-state index in [-0.39, 0.29) is 5.41 Å². The van der Waals surface area contributed by atoms with Crippen LogP contribution in [0.3, 0.4) is 0 Å². The largest absolute Gasteiger partial charge is 0.330 e. The molecule has 0 bridgehead atoms. The minimum absolute atomic E-state index is 0.0451. The van der Waals surface area contributed by atoms with Gasteiger partial charge >= 0.3 is 5.82 Å². The molecule has 100 valence electrons. The number of benzene rings is 1. The predicted molar refractivity (Wildman–Crippen MR) is 79.0 cm³/mol. The number of aryl methyl sites for hydroxylation is 3. The summed E-state index contributed by atoms with van der Waals surface area (Å²) in [5, 5.41) is 0. The number of aromatic nitrogens is 2. The van der Waals surface area contributed by atoms with Crippen molar-refractivity contribution in [2.75, 3.05) is 0 Å². The van der Waals surface area contributed by atoms with Gasteiger partial charge in [0.15, 0.2) is 0 Å². The molecule has 2 aromatic rings. The van der Waals surface area contributed by atoms with Crippen molar-refractivity contribution in [2.24, 2.45) is 7.05 Å². The summed E-state index contributed by atoms with van der Waals surface area (Å²) in [6.07, 6.45) is 3.98. The molecule has 1 aromatic carbocycles. The van der Waals surface area contributed by atoms with Gasteiger partial charge in [0.1, 0.15) is 6.20 Å². The molecule has 0 radical (unpaired) electrons. The summed E-state index contributed by atoms with van der Waals surface area (Å²) in [6, 6.07) is 5.23. The normalized spacial score (nSPS) is 14.7. The third-order valence-electron chi connectivity index (χ3n) is 3.33. The van der Waals surface area contributed by atoms with E-state index in [2.05, 4.69) is 32.0 Å². The van der Waals surface area contributed by atoms with Crippen molar-refractivity contribution in [3.05, 3.63) is 47.3 Å². The fraction of sp³-hybridized carbons (Fsp3) is 0.412. The van der Waals surface area contributed by atoms with Crippen molar-refractivity contribution >= 4 is 0 Å². The molecule has 0 saturated heterocycles. The molecule has 2 nitrogen and oxygen atoms in total. The first-order chi connectivity index (χ1) is 10.00. The number of hydrogen-bond donors (Lipinski definition) is 0. The first kappa shape index (κ1) is 10.1. The molecular weight excluding hydrogens is 232 g/mol. The van der Waals surface area contributed by atoms with Gasteiger partial charge in [-0.2, -0.15) is 0 Å². The molecule has 0 saturated carbocycles. The van der Waals surface area contributed by atoms with E-state index < -0.39 is 6.85 Å². The highest BCUT2D eigenvalue weighted by atomic mass is 15.0. The summed E-state index contributed by atoms with van der Waals surface area (Å²) in [4.78, 5) is 4.59. The molecular formula is C17H23N2+. The fourth-order valence-corrected chi connectivity index (χ4v) is 2.09. The Kier molecular flexibility index (Phi) is 2.54. The van der Waals surface area contributed by atoms with Crippen LogP contribution in [0, 0.1) is 13.8 Å². The monoisotopic (exact) mass is 258 g/mol. The zero-order valence-corrected chi connectivity index (χ0v) is 12.3. The summed E-state index contributed by atoms with van der Waals surface area (Å²) in [7, 11) is 1.97. The van der Waals surface area contributed by atoms with Crippen molar-refractivity contribution in [2.45, 2.75) is 40.0 Å². The van der Waals surface area contributed by atoms with Gasteiger partial charge in [-0.15, -0.1) is 0 Å². The molecule has 0 fully saturated rings. The molecule has 0 aliphatic heterocycles. The zero-order valence-electron chi connectivity index (χ0n) is 15.3. The van der Waals surface area contributed by atoms with E-state index in [1.807, 2.05) is 30.8 Å². The van der Waals surface area contributed by atoms with Crippen molar-refractivity contribution < 1.29 is 8.68 Å². The van der Waals surface area contributed by atoms with Crippen LogP contribution in [0.4, 0.5) is 0 Å². The van der Waals surface area contributed by atoms with Crippen molar-refractivity contribution in [1.29, 1.82) is 0 Å². The Hall–Kier alpha value is -1.70. The smallest absolute Gasteiger partial charge is 0.233 e. The summed E-state index contributed by atoms with van der Waals surface area (Å²) >= 11 is 0. The maximum Gasteiger partial charge on any atom is 0.330 e. The molecule has 0 atom stereocenters. The van der Waals surface area contributed by atoms with Crippen molar-refractivity contribution in [3.8, 4) is 11.4 Å². The van der Waals surface area contributed by atoms with E-state index in [0.717, 1.165) is 22.5 Å². The topological polar surface area (TPSA) is 16.8 Å². The van der Waals surface area contributed by atoms with Crippen LogP contribution in [-0.4, -0.2) is 4.98 Å². The fourth-order valence-electron chi connectivity index (χ4n) is 2.09. The second-order valence-corrected chi connectivity index (χ2v) is 6.06. The van der Waals surface area contributed by atoms with Gasteiger partial charge in [-0.1, -0.05) is 38.5 Å². The first-order valence-electron chi connectivity index (χ1n) is 7.98. The van der Waals surface area contributed by atoms with Crippen LogP contribution in [0.25, 0.3) is 11.4 Å². The lowest BCUT2D eigenvalue weighted by Gasteiger charge is -2.16. The Labute approximate surface area is 120 Å². The standard InChI is InChI=1S/C17H23N2/c1-12-7-8-15(13(2)9-12)16-18-10-14(11-19(16)6)17(3,4)5/h7-11H,1-6H3/q+1/i1D3. The summed E-state index contributed by atoms with van der Waals surface area (Å²) < 4.78 is 24.5. The SMILES string of the molecule is [2H]C([2H])([2H])c1ccc(-c2ncc(C(C)(C)C)c[n+]2C)c(C)c1. The molecule has 0 amide bonds. The summed E-state index contributed by atoms with van der Waals surface area (Å²) in [5.41, 5.74) is 3.44. The van der Waals surface area contributed by atoms with E-state index in [0.29, 0.717) is 5.56 Å². The van der Waals surface area contributed by atoms with Crippen LogP contribution in [-0.2, 0) is 12.5 Å². The van der Waals surface area contributed by atoms with E-state index in [9.17, 15) is 0 Å². The van der Waals surface area contributed by atoms with Crippen molar-refractivity contribution in [1.82, 2.24) is 4.98 Å². The van der Waals surface area contributed by atoms with Crippen molar-refractivity contribution in [3.63, 3.8) is 0 Å². The third-order valence-corrected chi connectivity index (χ3v) is 3.33. The molecule has 0 aliphatic rings. The lowest BCUT2D eigenvalue weighted by atomic mass is 9.89. The lowest BCUT2D eigenvalue weighted by Crippen LogP contribution is -2.34. The van der Waals surface area contributed by atoms with Gasteiger partial charge in [-0.3, -0.25) is 0 Å². The third kappa shape index (κ3) is 2.83. The summed E-state index contributed by atoms with van der Waals surface area (Å²) in [6.45, 7) is 6.30. The minimum atomic E-state index is -2.07. The predicted octanol–water partition coefficient (Wildman–Crippen LogP) is 3.49. The first-order valence-corrected chi connectivity index (χ1v) is 6.48. The quantitative estimate of drug-likeness (QED) is 0.716. The number of rotatable bonds is 1. The molecule has 0 aliphatic carbocycles. The van der Waals surface area contributed by atoms with E-state index in [1.54, 1.807) is 12.1 Å². The van der Waals surface area contributed by atoms with Crippen LogP contribution >= 0.6 is 0 Å². The highest BCUT2D eigenvalue weighted by molar-refractivity contribution is 5.58. The van der Waals surface area contributed by atoms with Crippen LogP contribution in [0.15, 0.2) is 30.6 Å². The van der Waals surface area contributed by atoms with Crippen LogP contribution < -0.4 is 4.57 Å². The molecule has 1 heterocycles. The second-order valence-electron chi connectivity index (χ2n) is 6.06. The van der Waals surface area contributed by atoms with Crippen LogP contribution in [0.2, 0.25) is 0 Å². The molecule has 0 spiro atoms. The molecule has 19 heavy (non-hydrogen) atoms. The Morgan fingerprint density at radius 3 is 2.53 bits per heavy atom. The van der Waals surface area contributed by atoms with Crippen LogP contribution in [0.5, 0.6) is 0 Å². The Bertz CT molecular complexity index is 637. The molecule has 2 heteroatoms. The molecule has 0 unspecified atom stereocenters. The maximum absolute atomic E-state index is 7.50. The second kappa shape index (κ2) is 4.76. The zero-order chi connectivity index (χ0) is 16.7. The lowest BCUT2D eigenvalue weighted by molar-refractivity contribution is -0.663. The molecule has 0 N–H and O–H groups in total. The number of nitrogens with zero attached hydrogens (tertiary/aromatic N) is 2. The van der Waals surface area contributed by atoms with Gasteiger partial charge in [-0.05, 0) is 35.8 Å². The average molecular weight is 258 g/mol. The van der Waals surface area contributed by atoms with Gasteiger partial charge in [0.2, 0.25) is 0 Å². The highest BCUT2D eigenvalue weighted by Gasteiger charge is 2.21. The number of hydrogen-bond acceptors (Lipinski definition) is 1. The highest BCUT2D eigenvalue weighted by Crippen LogP contribution is 2.23. The van der Waals surface area contributed by atoms with Gasteiger partial charge in [-0.25, -0.2) is 4.57 Å². The molecule has 1 aromatic heterocycles. The average Bonchev–Trinajstić information content (AvgIpc) is 2.37. The van der Waals surface area contributed by atoms with E-state index in [1.165, 1.54) is 0 Å². The van der Waals surface area contributed by atoms with Gasteiger partial charge in [0.25, 0.3) is 0 Å². The summed E-state index contributed by atoms with van der Waals surface area (Å²) in [5.74, 6) is 0.836. The van der Waals surface area contributed by atoms with Gasteiger partial charge in [0.05, 0.1) is 18.8 Å². The van der Waals surface area contributed by atoms with Crippen LogP contribution in [0.1, 0.15) is 41.6 Å². The van der Waals surface area contributed by atoms with Gasteiger partial charge < -0.3 is 0 Å². The Morgan fingerprint density at radius 1 is 1.26 bits per heavy atom. The Balaban J connectivity index is 2.49. The van der Waals surface area contributed by atoms with Gasteiger partial charge in [0, 0.05) is 9.68 Å². The Morgan fingerprint density at radius 2 is 2.00 bits per heavy atom.